The highest BCUT2D eigenvalue weighted by Gasteiger charge is 2.54. The summed E-state index contributed by atoms with van der Waals surface area (Å²) in [5.41, 5.74) is 12.1. The SMILES string of the molecule is CC(C)[C@@H](NC(=O)CCN1C(=O)C=CC1=O)C(=O)N[C@H](CCNC(N)=O)C(=O)Nc1ccc(COC(=O)N(C)CCOC(=O)Nc2ncnc3c2ncn3[C@@H]2O[C@@H]3COP(O)(=S)O[C@H]4[C@@H](F)[C@H](n5cnc6c5NC=NC6N)O[C@@H]4COP(=O)(S)O[C@H]3[C@H]2F)cc1. The summed E-state index contributed by atoms with van der Waals surface area (Å²) < 4.78 is 94.0. The molecule has 13 atom stereocenters. The molecule has 3 unspecified atom stereocenters. The number of halogens is 2. The molecular formula is C49H61F2N17O18P2S2. The molecule has 41 heteroatoms. The van der Waals surface area contributed by atoms with E-state index >= 15 is 8.78 Å². The van der Waals surface area contributed by atoms with Gasteiger partial charge >= 0.3 is 31.7 Å². The van der Waals surface area contributed by atoms with Crippen LogP contribution in [0.1, 0.15) is 56.6 Å². The number of likely N-dealkylation sites (N-methyl/N-ethyl adjacent to an activating group) is 1. The summed E-state index contributed by atoms with van der Waals surface area (Å²) in [5, 5.41) is 15.4. The van der Waals surface area contributed by atoms with Crippen molar-refractivity contribution in [2.24, 2.45) is 22.4 Å². The van der Waals surface area contributed by atoms with E-state index in [1.54, 1.807) is 26.0 Å². The van der Waals surface area contributed by atoms with Crippen LogP contribution in [0, 0.1) is 5.92 Å². The van der Waals surface area contributed by atoms with Crippen molar-refractivity contribution in [1.29, 1.82) is 0 Å². The Balaban J connectivity index is 0.735. The van der Waals surface area contributed by atoms with Crippen molar-refractivity contribution in [3.8, 4) is 0 Å². The molecular weight excluding hydrogens is 1280 g/mol. The lowest BCUT2D eigenvalue weighted by Gasteiger charge is -2.29. The highest BCUT2D eigenvalue weighted by atomic mass is 32.7. The van der Waals surface area contributed by atoms with Crippen molar-refractivity contribution >= 4 is 120 Å². The highest BCUT2D eigenvalue weighted by Crippen LogP contribution is 2.59. The lowest BCUT2D eigenvalue weighted by molar-refractivity contribution is -0.137. The standard InChI is InChI=1S/C49H61F2N17O18P2S2/c1-23(2)34(63-29(69)11-13-66-30(70)8-9-31(66)71)44(73)62-26(10-12-54-47(53)74)43(72)61-25-6-4-24(5-7-25)16-80-49(76)65(3)14-15-79-48(75)64-40-36-42(58-20-56-40)68(22-60-36)46-33(51)38-28(84-46)18-82-87(77,89)85-37-27(17-81-88(78,90)86-38)83-45(32(37)50)67-21-59-35-39(52)55-19-57-41(35)67/h4-9,19-23,26-28,32-34,37-39,45-46H,10-18,52H2,1-3H3,(H,55,57)(H,61,72)(H,62,73)(H,63,69)(H,77,89)(H,78,90)(H3,53,54,74)(H,56,58,64,75)/t26-,27-,28-,32-,33-,34-,37-,38-,39?,45-,46-,87?,88?/m1/s1. The molecule has 3 saturated heterocycles. The van der Waals surface area contributed by atoms with Gasteiger partial charge in [0.15, 0.2) is 41.8 Å². The van der Waals surface area contributed by atoms with Gasteiger partial charge in [0.25, 0.3) is 11.8 Å². The second-order valence-corrected chi connectivity index (χ2v) is 26.4. The maximum absolute atomic E-state index is 16.7. The summed E-state index contributed by atoms with van der Waals surface area (Å²) in [4.78, 5) is 135. The second kappa shape index (κ2) is 28.6. The van der Waals surface area contributed by atoms with Gasteiger partial charge < -0.3 is 71.3 Å². The van der Waals surface area contributed by atoms with E-state index in [-0.39, 0.29) is 79.9 Å². The van der Waals surface area contributed by atoms with Gasteiger partial charge in [-0.1, -0.05) is 38.2 Å². The summed E-state index contributed by atoms with van der Waals surface area (Å²) in [5.74, 6) is -3.60. The number of imidazole rings is 2. The quantitative estimate of drug-likeness (QED) is 0.0340. The van der Waals surface area contributed by atoms with Gasteiger partial charge in [-0.2, -0.15) is 0 Å². The average Bonchev–Trinajstić information content (AvgIpc) is 1.69. The van der Waals surface area contributed by atoms with Crippen LogP contribution in [-0.4, -0.2) is 193 Å². The molecule has 0 spiro atoms. The fourth-order valence-corrected chi connectivity index (χ4v) is 12.5. The molecule has 1 aromatic carbocycles. The van der Waals surface area contributed by atoms with E-state index in [1.807, 2.05) is 0 Å². The molecule has 9 rings (SSSR count). The zero-order chi connectivity index (χ0) is 64.8. The third-order valence-electron chi connectivity index (χ3n) is 14.2. The lowest BCUT2D eigenvalue weighted by atomic mass is 10.0. The summed E-state index contributed by atoms with van der Waals surface area (Å²) in [6, 6.07) is 2.84. The van der Waals surface area contributed by atoms with Crippen molar-refractivity contribution in [3.05, 3.63) is 66.7 Å². The van der Waals surface area contributed by atoms with Gasteiger partial charge in [0.1, 0.15) is 73.7 Å². The first-order chi connectivity index (χ1) is 42.8. The number of nitrogens with zero attached hydrogens (tertiary/aromatic N) is 9. The topological polar surface area (TPSA) is 452 Å². The molecule has 5 aliphatic rings. The minimum absolute atomic E-state index is 0.0760. The zero-order valence-corrected chi connectivity index (χ0v) is 51.1. The number of thiol groups is 1. The molecule has 3 fully saturated rings. The minimum atomic E-state index is -4.56. The van der Waals surface area contributed by atoms with E-state index in [1.165, 1.54) is 36.4 Å². The van der Waals surface area contributed by atoms with Gasteiger partial charge in [0.2, 0.25) is 17.7 Å². The Hall–Kier alpha value is -7.68. The molecule has 0 saturated carbocycles. The molecule has 9 amide bonds. The zero-order valence-electron chi connectivity index (χ0n) is 47.6. The van der Waals surface area contributed by atoms with Gasteiger partial charge in [0.05, 0.1) is 38.8 Å². The Bertz CT molecular complexity index is 3540. The van der Waals surface area contributed by atoms with Crippen molar-refractivity contribution in [1.82, 2.24) is 54.8 Å². The first-order valence-corrected chi connectivity index (χ1v) is 32.6. The van der Waals surface area contributed by atoms with Crippen LogP contribution in [0.15, 0.2) is 60.4 Å². The number of amides is 9. The fourth-order valence-electron chi connectivity index (χ4n) is 9.56. The van der Waals surface area contributed by atoms with Crippen LogP contribution in [0.5, 0.6) is 0 Å². The number of anilines is 3. The van der Waals surface area contributed by atoms with Crippen molar-refractivity contribution in [2.75, 3.05) is 62.5 Å². The number of hydrogen-bond acceptors (Lipinski definition) is 25. The molecule has 0 aliphatic carbocycles. The van der Waals surface area contributed by atoms with Crippen molar-refractivity contribution < 1.29 is 93.6 Å². The number of carbonyl (C=O) groups is 8. The van der Waals surface area contributed by atoms with Gasteiger partial charge in [-0.15, -0.1) is 0 Å². The van der Waals surface area contributed by atoms with E-state index in [0.29, 0.717) is 5.56 Å². The van der Waals surface area contributed by atoms with E-state index in [0.717, 1.165) is 39.2 Å². The van der Waals surface area contributed by atoms with Crippen LogP contribution >= 0.6 is 25.8 Å². The van der Waals surface area contributed by atoms with Crippen LogP contribution in [0.4, 0.5) is 40.5 Å². The first kappa shape index (κ1) is 66.7. The number of aromatic nitrogens is 6. The number of alkyl halides is 2. The molecule has 0 radical (unpaired) electrons. The molecule has 5 aliphatic heterocycles. The number of hydrogen-bond donors (Lipinski definition) is 10. The molecule has 8 heterocycles. The average molecular weight is 1340 g/mol. The van der Waals surface area contributed by atoms with Gasteiger partial charge in [-0.25, -0.2) is 47.7 Å². The van der Waals surface area contributed by atoms with E-state index in [9.17, 15) is 47.8 Å². The van der Waals surface area contributed by atoms with Crippen LogP contribution in [0.25, 0.3) is 11.2 Å². The number of nitrogens with one attached hydrogen (secondary N) is 6. The second-order valence-electron chi connectivity index (χ2n) is 20.8. The Kier molecular flexibility index (Phi) is 21.2. The van der Waals surface area contributed by atoms with Crippen molar-refractivity contribution in [2.45, 2.75) is 101 Å². The highest BCUT2D eigenvalue weighted by molar-refractivity contribution is 8.44. The predicted octanol–water partition coefficient (Wildman–Crippen LogP) is 1.43. The third kappa shape index (κ3) is 16.1. The number of ether oxygens (including phenoxy) is 4. The first-order valence-electron chi connectivity index (χ1n) is 27.3. The van der Waals surface area contributed by atoms with Gasteiger partial charge in [-0.05, 0) is 41.8 Å². The number of imide groups is 1. The van der Waals surface area contributed by atoms with E-state index in [2.05, 4.69) is 69.1 Å². The van der Waals surface area contributed by atoms with Crippen LogP contribution in [0.3, 0.4) is 0 Å². The number of benzene rings is 1. The molecule has 35 nitrogen and oxygen atoms in total. The summed E-state index contributed by atoms with van der Waals surface area (Å²) in [7, 11) is 1.38. The van der Waals surface area contributed by atoms with Crippen LogP contribution in [-0.2, 0) is 84.0 Å². The maximum atomic E-state index is 16.7. The Morgan fingerprint density at radius 1 is 0.911 bits per heavy atom. The summed E-state index contributed by atoms with van der Waals surface area (Å²) in [6.07, 6.45) is -10.1. The maximum Gasteiger partial charge on any atom is 0.412 e. The summed E-state index contributed by atoms with van der Waals surface area (Å²) >= 11 is 9.30. The van der Waals surface area contributed by atoms with Crippen LogP contribution < -0.4 is 43.4 Å². The number of urea groups is 1. The number of primary amides is 1. The monoisotopic (exact) mass is 1340 g/mol. The number of nitrogens with two attached hydrogens (primary N) is 2. The minimum Gasteiger partial charge on any atom is -0.447 e. The molecule has 11 N–H and O–H groups in total. The smallest absolute Gasteiger partial charge is 0.412 e. The Labute approximate surface area is 518 Å². The van der Waals surface area contributed by atoms with Crippen LogP contribution in [0.2, 0.25) is 0 Å². The third-order valence-corrected chi connectivity index (χ3v) is 17.3. The summed E-state index contributed by atoms with van der Waals surface area (Å²) in [6.45, 7) is -8.19. The Morgan fingerprint density at radius 2 is 1.58 bits per heavy atom. The number of fused-ring (bicyclic) bond motifs is 4. The molecule has 0 bridgehead atoms. The Morgan fingerprint density at radius 3 is 2.27 bits per heavy atom. The number of carbonyl (C=O) groups excluding carboxylic acids is 8. The fraction of sp³-hybridized carbons (Fsp3) is 0.490. The molecule has 4 aromatic rings. The van der Waals surface area contributed by atoms with Crippen molar-refractivity contribution in [3.63, 3.8) is 0 Å². The van der Waals surface area contributed by atoms with Gasteiger partial charge in [-0.3, -0.25) is 61.9 Å². The number of aliphatic imine (C=N–C) groups is 1. The van der Waals surface area contributed by atoms with Gasteiger partial charge in [0, 0.05) is 44.4 Å². The molecule has 486 valence electrons. The lowest BCUT2D eigenvalue weighted by Crippen LogP contribution is -2.55. The molecule has 90 heavy (non-hydrogen) atoms. The number of rotatable bonds is 20. The molecule has 3 aromatic heterocycles. The van der Waals surface area contributed by atoms with E-state index in [4.69, 9.17) is 60.3 Å². The normalized spacial score (nSPS) is 27.0. The largest absolute Gasteiger partial charge is 0.447 e. The predicted molar refractivity (Wildman–Crippen MR) is 313 cm³/mol. The van der Waals surface area contributed by atoms with E-state index < -0.39 is 148 Å².